The molecule has 0 saturated heterocycles. The Balaban J connectivity index is 0.00000182. The minimum atomic E-state index is -0.117. The number of fused-ring (bicyclic) bond motifs is 3. The van der Waals surface area contributed by atoms with Gasteiger partial charge in [0.2, 0.25) is 5.91 Å². The fourth-order valence-corrected chi connectivity index (χ4v) is 5.19. The minimum Gasteiger partial charge on any atom is -0.486 e. The second-order valence-corrected chi connectivity index (χ2v) is 8.04. The lowest BCUT2D eigenvalue weighted by molar-refractivity contribution is -0.127. The standard InChI is InChI=1S/C18H23BrN2O3.ClH/c1-9(12-7-14-15(8-13(12)19)24-5-4-23-14)21-18(22)16-10-2-3-11(6-10)17(16)20;/h7-11,16-17H,2-6,20H2,1H3,(H,21,22);1H. The maximum absolute atomic E-state index is 12.8. The molecule has 1 heterocycles. The molecule has 2 fully saturated rings. The van der Waals surface area contributed by atoms with Crippen molar-refractivity contribution in [3.05, 3.63) is 22.2 Å². The van der Waals surface area contributed by atoms with Crippen molar-refractivity contribution in [1.82, 2.24) is 5.32 Å². The van der Waals surface area contributed by atoms with E-state index in [4.69, 9.17) is 15.2 Å². The Bertz CT molecular complexity index is 670. The Morgan fingerprint density at radius 3 is 2.52 bits per heavy atom. The summed E-state index contributed by atoms with van der Waals surface area (Å²) < 4.78 is 12.2. The zero-order chi connectivity index (χ0) is 16.8. The molecule has 1 aromatic rings. The molecular formula is C18H24BrClN2O3. The molecule has 0 aromatic heterocycles. The van der Waals surface area contributed by atoms with E-state index in [1.54, 1.807) is 0 Å². The fraction of sp³-hybridized carbons (Fsp3) is 0.611. The van der Waals surface area contributed by atoms with Gasteiger partial charge in [0, 0.05) is 10.5 Å². The van der Waals surface area contributed by atoms with Crippen LogP contribution in [0.4, 0.5) is 0 Å². The zero-order valence-electron chi connectivity index (χ0n) is 14.2. The topological polar surface area (TPSA) is 73.6 Å². The quantitative estimate of drug-likeness (QED) is 0.771. The maximum atomic E-state index is 12.8. The first-order chi connectivity index (χ1) is 11.5. The van der Waals surface area contributed by atoms with Crippen molar-refractivity contribution in [2.45, 2.75) is 38.3 Å². The molecule has 1 aliphatic heterocycles. The van der Waals surface area contributed by atoms with Gasteiger partial charge < -0.3 is 20.5 Å². The van der Waals surface area contributed by atoms with Crippen LogP contribution in [0.2, 0.25) is 0 Å². The summed E-state index contributed by atoms with van der Waals surface area (Å²) in [6.45, 7) is 3.11. The summed E-state index contributed by atoms with van der Waals surface area (Å²) in [6.07, 6.45) is 3.43. The molecule has 1 amide bonds. The molecule has 2 bridgehead atoms. The number of hydrogen-bond acceptors (Lipinski definition) is 4. The summed E-state index contributed by atoms with van der Waals surface area (Å²) in [6, 6.07) is 3.76. The van der Waals surface area contributed by atoms with Gasteiger partial charge in [-0.3, -0.25) is 4.79 Å². The van der Waals surface area contributed by atoms with Gasteiger partial charge in [0.1, 0.15) is 13.2 Å². The SMILES string of the molecule is CC(NC(=O)C1C2CCC(C2)C1N)c1cc2c(cc1Br)OCCO2.Cl. The number of rotatable bonds is 3. The highest BCUT2D eigenvalue weighted by Crippen LogP contribution is 2.48. The average molecular weight is 432 g/mol. The van der Waals surface area contributed by atoms with Crippen LogP contribution in [-0.2, 0) is 4.79 Å². The highest BCUT2D eigenvalue weighted by atomic mass is 79.9. The smallest absolute Gasteiger partial charge is 0.225 e. The Morgan fingerprint density at radius 2 is 1.88 bits per heavy atom. The summed E-state index contributed by atoms with van der Waals surface area (Å²) >= 11 is 3.58. The number of hydrogen-bond donors (Lipinski definition) is 2. The number of nitrogens with two attached hydrogens (primary N) is 1. The van der Waals surface area contributed by atoms with E-state index in [9.17, 15) is 4.79 Å². The Labute approximate surface area is 162 Å². The van der Waals surface area contributed by atoms with Gasteiger partial charge in [0.25, 0.3) is 0 Å². The number of carbonyl (C=O) groups excluding carboxylic acids is 1. The van der Waals surface area contributed by atoms with Crippen LogP contribution in [0.15, 0.2) is 16.6 Å². The number of carbonyl (C=O) groups is 1. The molecule has 3 N–H and O–H groups in total. The molecule has 5 unspecified atom stereocenters. The van der Waals surface area contributed by atoms with E-state index >= 15 is 0 Å². The predicted octanol–water partition coefficient (Wildman–Crippen LogP) is 3.19. The summed E-state index contributed by atoms with van der Waals surface area (Å²) in [5, 5.41) is 3.16. The van der Waals surface area contributed by atoms with Crippen LogP contribution in [0.25, 0.3) is 0 Å². The van der Waals surface area contributed by atoms with Crippen LogP contribution >= 0.6 is 28.3 Å². The summed E-state index contributed by atoms with van der Waals surface area (Å²) in [7, 11) is 0. The molecule has 4 rings (SSSR count). The van der Waals surface area contributed by atoms with Gasteiger partial charge in [-0.2, -0.15) is 0 Å². The Hall–Kier alpha value is -0.980. The number of benzene rings is 1. The largest absolute Gasteiger partial charge is 0.486 e. The lowest BCUT2D eigenvalue weighted by atomic mass is 9.84. The average Bonchev–Trinajstić information content (AvgIpc) is 3.15. The first-order valence-corrected chi connectivity index (χ1v) is 9.49. The lowest BCUT2D eigenvalue weighted by Gasteiger charge is -2.29. The second-order valence-electron chi connectivity index (χ2n) is 7.18. The first kappa shape index (κ1) is 18.8. The maximum Gasteiger partial charge on any atom is 0.225 e. The molecule has 1 aromatic carbocycles. The van der Waals surface area contributed by atoms with Crippen molar-refractivity contribution < 1.29 is 14.3 Å². The molecule has 0 spiro atoms. The molecule has 7 heteroatoms. The van der Waals surface area contributed by atoms with Crippen molar-refractivity contribution in [3.63, 3.8) is 0 Å². The van der Waals surface area contributed by atoms with Crippen LogP contribution in [-0.4, -0.2) is 25.2 Å². The molecule has 2 saturated carbocycles. The van der Waals surface area contributed by atoms with Crippen LogP contribution < -0.4 is 20.5 Å². The van der Waals surface area contributed by atoms with Gasteiger partial charge in [-0.15, -0.1) is 12.4 Å². The summed E-state index contributed by atoms with van der Waals surface area (Å²) in [5.74, 6) is 2.51. The van der Waals surface area contributed by atoms with Gasteiger partial charge >= 0.3 is 0 Å². The van der Waals surface area contributed by atoms with Crippen LogP contribution in [0.5, 0.6) is 11.5 Å². The van der Waals surface area contributed by atoms with Crippen molar-refractivity contribution in [2.24, 2.45) is 23.5 Å². The third-order valence-corrected chi connectivity index (χ3v) is 6.46. The van der Waals surface area contributed by atoms with Crippen LogP contribution in [0, 0.1) is 17.8 Å². The third kappa shape index (κ3) is 3.36. The number of nitrogens with one attached hydrogen (secondary N) is 1. The van der Waals surface area contributed by atoms with Gasteiger partial charge in [-0.05, 0) is 55.7 Å². The molecule has 2 aliphatic carbocycles. The van der Waals surface area contributed by atoms with E-state index in [0.717, 1.165) is 34.4 Å². The fourth-order valence-electron chi connectivity index (χ4n) is 4.52. The van der Waals surface area contributed by atoms with Crippen molar-refractivity contribution in [1.29, 1.82) is 0 Å². The Morgan fingerprint density at radius 1 is 1.24 bits per heavy atom. The van der Waals surface area contributed by atoms with Gasteiger partial charge in [-0.1, -0.05) is 15.9 Å². The Kier molecular flexibility index (Phi) is 5.51. The molecular weight excluding hydrogens is 408 g/mol. The van der Waals surface area contributed by atoms with E-state index < -0.39 is 0 Å². The molecule has 5 nitrogen and oxygen atoms in total. The number of halogens is 2. The van der Waals surface area contributed by atoms with Crippen molar-refractivity contribution in [2.75, 3.05) is 13.2 Å². The van der Waals surface area contributed by atoms with E-state index in [2.05, 4.69) is 21.2 Å². The zero-order valence-corrected chi connectivity index (χ0v) is 16.6. The van der Waals surface area contributed by atoms with Gasteiger partial charge in [0.15, 0.2) is 11.5 Å². The molecule has 5 atom stereocenters. The first-order valence-electron chi connectivity index (χ1n) is 8.69. The molecule has 0 radical (unpaired) electrons. The van der Waals surface area contributed by atoms with E-state index in [1.807, 2.05) is 19.1 Å². The predicted molar refractivity (Wildman–Crippen MR) is 101 cm³/mol. The lowest BCUT2D eigenvalue weighted by Crippen LogP contribution is -2.45. The minimum absolute atomic E-state index is 0. The second kappa shape index (κ2) is 7.33. The highest BCUT2D eigenvalue weighted by Gasteiger charge is 2.49. The van der Waals surface area contributed by atoms with Crippen LogP contribution in [0.1, 0.15) is 37.8 Å². The van der Waals surface area contributed by atoms with E-state index in [-0.39, 0.29) is 36.3 Å². The van der Waals surface area contributed by atoms with E-state index in [1.165, 1.54) is 6.42 Å². The number of amides is 1. The molecule has 138 valence electrons. The van der Waals surface area contributed by atoms with Crippen molar-refractivity contribution in [3.8, 4) is 11.5 Å². The van der Waals surface area contributed by atoms with Gasteiger partial charge in [-0.25, -0.2) is 0 Å². The normalized spacial score (nSPS) is 30.5. The third-order valence-electron chi connectivity index (χ3n) is 5.77. The monoisotopic (exact) mass is 430 g/mol. The molecule has 3 aliphatic rings. The molecule has 25 heavy (non-hydrogen) atoms. The van der Waals surface area contributed by atoms with Crippen molar-refractivity contribution >= 4 is 34.2 Å². The van der Waals surface area contributed by atoms with E-state index in [0.29, 0.717) is 25.0 Å². The summed E-state index contributed by atoms with van der Waals surface area (Å²) in [5.41, 5.74) is 7.28. The summed E-state index contributed by atoms with van der Waals surface area (Å²) in [4.78, 5) is 12.8. The number of ether oxygens (including phenoxy) is 2. The highest BCUT2D eigenvalue weighted by molar-refractivity contribution is 9.10. The van der Waals surface area contributed by atoms with Crippen LogP contribution in [0.3, 0.4) is 0 Å². The van der Waals surface area contributed by atoms with Gasteiger partial charge in [0.05, 0.1) is 12.0 Å².